The zero-order valence-corrected chi connectivity index (χ0v) is 7.12. The van der Waals surface area contributed by atoms with E-state index in [1.807, 2.05) is 6.08 Å². The van der Waals surface area contributed by atoms with Crippen molar-refractivity contribution in [1.29, 1.82) is 0 Å². The molecule has 0 radical (unpaired) electrons. The summed E-state index contributed by atoms with van der Waals surface area (Å²) in [4.78, 5) is 1.18. The molecule has 1 nitrogen and oxygen atoms in total. The van der Waals surface area contributed by atoms with E-state index in [9.17, 15) is 0 Å². The Hall–Kier alpha value is -0.210. The smallest absolute Gasteiger partial charge is 0.0299 e. The van der Waals surface area contributed by atoms with Crippen LogP contribution >= 0.6 is 12.6 Å². The van der Waals surface area contributed by atoms with Gasteiger partial charge in [-0.2, -0.15) is 0 Å². The summed E-state index contributed by atoms with van der Waals surface area (Å²) >= 11 is 4.36. The van der Waals surface area contributed by atoms with E-state index in [0.717, 1.165) is 13.0 Å². The van der Waals surface area contributed by atoms with E-state index in [4.69, 9.17) is 0 Å². The van der Waals surface area contributed by atoms with Crippen LogP contribution in [0.25, 0.3) is 0 Å². The van der Waals surface area contributed by atoms with Gasteiger partial charge in [0.25, 0.3) is 0 Å². The largest absolute Gasteiger partial charge is 0.310 e. The Kier molecular flexibility index (Phi) is 2.57. The van der Waals surface area contributed by atoms with Gasteiger partial charge in [-0.3, -0.25) is 0 Å². The summed E-state index contributed by atoms with van der Waals surface area (Å²) in [6, 6.07) is 0.429. The lowest BCUT2D eigenvalue weighted by Gasteiger charge is -2.22. The molecular weight excluding hydrogens is 142 g/mol. The average Bonchev–Trinajstić information content (AvgIpc) is 1.88. The van der Waals surface area contributed by atoms with Gasteiger partial charge in [0.2, 0.25) is 0 Å². The molecule has 1 N–H and O–H groups in total. The molecule has 1 aliphatic heterocycles. The fourth-order valence-electron chi connectivity index (χ4n) is 1.21. The first-order valence-electron chi connectivity index (χ1n) is 3.53. The minimum atomic E-state index is 0.429. The SMILES string of the molecule is C=CC1=C(S)CCNC1C. The fourth-order valence-corrected chi connectivity index (χ4v) is 1.60. The number of hydrogen-bond donors (Lipinski definition) is 2. The van der Waals surface area contributed by atoms with Crippen molar-refractivity contribution in [3.63, 3.8) is 0 Å². The molecule has 0 saturated carbocycles. The van der Waals surface area contributed by atoms with Crippen molar-refractivity contribution in [2.24, 2.45) is 0 Å². The molecule has 1 heterocycles. The zero-order chi connectivity index (χ0) is 7.56. The Morgan fingerprint density at radius 3 is 2.90 bits per heavy atom. The lowest BCUT2D eigenvalue weighted by molar-refractivity contribution is 0.590. The molecule has 0 bridgehead atoms. The van der Waals surface area contributed by atoms with E-state index in [1.54, 1.807) is 0 Å². The molecule has 1 unspecified atom stereocenters. The molecule has 56 valence electrons. The van der Waals surface area contributed by atoms with Crippen molar-refractivity contribution in [1.82, 2.24) is 5.32 Å². The summed E-state index contributed by atoms with van der Waals surface area (Å²) in [5, 5.41) is 3.34. The maximum absolute atomic E-state index is 4.36. The maximum Gasteiger partial charge on any atom is 0.0299 e. The van der Waals surface area contributed by atoms with E-state index >= 15 is 0 Å². The minimum Gasteiger partial charge on any atom is -0.310 e. The molecule has 0 fully saturated rings. The van der Waals surface area contributed by atoms with E-state index < -0.39 is 0 Å². The average molecular weight is 155 g/mol. The predicted octanol–water partition coefficient (Wildman–Crippen LogP) is 1.74. The third-order valence-corrected chi connectivity index (χ3v) is 2.31. The second-order valence-electron chi connectivity index (χ2n) is 2.53. The van der Waals surface area contributed by atoms with Crippen LogP contribution in [-0.2, 0) is 0 Å². The van der Waals surface area contributed by atoms with E-state index in [1.165, 1.54) is 10.5 Å². The molecule has 0 aromatic heterocycles. The van der Waals surface area contributed by atoms with Crippen molar-refractivity contribution in [2.45, 2.75) is 19.4 Å². The number of nitrogens with one attached hydrogen (secondary N) is 1. The Bertz CT molecular complexity index is 172. The highest BCUT2D eigenvalue weighted by Gasteiger charge is 2.13. The molecule has 1 atom stereocenters. The predicted molar refractivity (Wildman–Crippen MR) is 48.3 cm³/mol. The van der Waals surface area contributed by atoms with Crippen LogP contribution in [0.3, 0.4) is 0 Å². The lowest BCUT2D eigenvalue weighted by Crippen LogP contribution is -2.32. The first-order valence-corrected chi connectivity index (χ1v) is 3.98. The Morgan fingerprint density at radius 1 is 1.80 bits per heavy atom. The van der Waals surface area contributed by atoms with Crippen LogP contribution in [-0.4, -0.2) is 12.6 Å². The van der Waals surface area contributed by atoms with Crippen LogP contribution in [0.5, 0.6) is 0 Å². The van der Waals surface area contributed by atoms with Crippen molar-refractivity contribution < 1.29 is 0 Å². The number of thiol groups is 1. The molecule has 10 heavy (non-hydrogen) atoms. The van der Waals surface area contributed by atoms with E-state index in [2.05, 4.69) is 31.4 Å². The molecule has 2 heteroatoms. The molecule has 0 aromatic rings. The second kappa shape index (κ2) is 3.26. The fraction of sp³-hybridized carbons (Fsp3) is 0.500. The molecule has 1 aliphatic rings. The first kappa shape index (κ1) is 7.89. The van der Waals surface area contributed by atoms with Crippen molar-refractivity contribution in [2.75, 3.05) is 6.54 Å². The Morgan fingerprint density at radius 2 is 2.50 bits per heavy atom. The molecule has 1 rings (SSSR count). The molecular formula is C8H13NS. The van der Waals surface area contributed by atoms with Gasteiger partial charge in [0, 0.05) is 12.6 Å². The van der Waals surface area contributed by atoms with Crippen LogP contribution in [0.1, 0.15) is 13.3 Å². The summed E-state index contributed by atoms with van der Waals surface area (Å²) in [5.74, 6) is 0. The molecule has 0 saturated heterocycles. The number of rotatable bonds is 1. The highest BCUT2D eigenvalue weighted by atomic mass is 32.1. The summed E-state index contributed by atoms with van der Waals surface area (Å²) in [7, 11) is 0. The highest BCUT2D eigenvalue weighted by Crippen LogP contribution is 2.20. The van der Waals surface area contributed by atoms with Crippen molar-refractivity contribution in [3.05, 3.63) is 23.1 Å². The third-order valence-electron chi connectivity index (χ3n) is 1.83. The normalized spacial score (nSPS) is 26.8. The summed E-state index contributed by atoms with van der Waals surface area (Å²) in [5.41, 5.74) is 1.24. The first-order chi connectivity index (χ1) is 4.75. The van der Waals surface area contributed by atoms with Gasteiger partial charge in [0.1, 0.15) is 0 Å². The lowest BCUT2D eigenvalue weighted by atomic mass is 10.0. The van der Waals surface area contributed by atoms with Gasteiger partial charge in [0.15, 0.2) is 0 Å². The van der Waals surface area contributed by atoms with Crippen LogP contribution in [0.15, 0.2) is 23.1 Å². The summed E-state index contributed by atoms with van der Waals surface area (Å²) in [6.07, 6.45) is 2.92. The van der Waals surface area contributed by atoms with Crippen LogP contribution in [0.2, 0.25) is 0 Å². The van der Waals surface area contributed by atoms with E-state index in [-0.39, 0.29) is 0 Å². The van der Waals surface area contributed by atoms with Gasteiger partial charge < -0.3 is 5.32 Å². The van der Waals surface area contributed by atoms with Gasteiger partial charge in [-0.15, -0.1) is 12.6 Å². The van der Waals surface area contributed by atoms with Gasteiger partial charge in [0.05, 0.1) is 0 Å². The van der Waals surface area contributed by atoms with E-state index in [0.29, 0.717) is 6.04 Å². The van der Waals surface area contributed by atoms with Gasteiger partial charge in [-0.05, 0) is 23.8 Å². The topological polar surface area (TPSA) is 12.0 Å². The molecule has 0 spiro atoms. The van der Waals surface area contributed by atoms with Crippen LogP contribution in [0, 0.1) is 0 Å². The summed E-state index contributed by atoms with van der Waals surface area (Å²) < 4.78 is 0. The highest BCUT2D eigenvalue weighted by molar-refractivity contribution is 7.84. The van der Waals surface area contributed by atoms with Crippen LogP contribution < -0.4 is 5.32 Å². The third kappa shape index (κ3) is 1.44. The standard InChI is InChI=1S/C8H13NS/c1-3-7-6(2)9-5-4-8(7)10/h3,6,9-10H,1,4-5H2,2H3. The van der Waals surface area contributed by atoms with Crippen molar-refractivity contribution in [3.8, 4) is 0 Å². The monoisotopic (exact) mass is 155 g/mol. The molecule has 0 amide bonds. The van der Waals surface area contributed by atoms with Gasteiger partial charge in [-0.25, -0.2) is 0 Å². The Balaban J connectivity index is 2.83. The number of hydrogen-bond acceptors (Lipinski definition) is 2. The zero-order valence-electron chi connectivity index (χ0n) is 6.22. The molecule has 0 aromatic carbocycles. The maximum atomic E-state index is 4.36. The Labute approximate surface area is 67.6 Å². The van der Waals surface area contributed by atoms with Gasteiger partial charge in [-0.1, -0.05) is 12.7 Å². The summed E-state index contributed by atoms with van der Waals surface area (Å²) in [6.45, 7) is 6.91. The minimum absolute atomic E-state index is 0.429. The van der Waals surface area contributed by atoms with Gasteiger partial charge >= 0.3 is 0 Å². The molecule has 0 aliphatic carbocycles. The van der Waals surface area contributed by atoms with Crippen molar-refractivity contribution >= 4 is 12.6 Å². The second-order valence-corrected chi connectivity index (χ2v) is 3.07. The quantitative estimate of drug-likeness (QED) is 0.550. The van der Waals surface area contributed by atoms with Crippen LogP contribution in [0.4, 0.5) is 0 Å².